The van der Waals surface area contributed by atoms with E-state index in [1.54, 1.807) is 35.6 Å². The quantitative estimate of drug-likeness (QED) is 0.349. The van der Waals surface area contributed by atoms with E-state index >= 15 is 0 Å². The smallest absolute Gasteiger partial charge is 0.267 e. The van der Waals surface area contributed by atoms with E-state index in [0.717, 1.165) is 4.90 Å². The molecule has 0 aliphatic carbocycles. The number of carbonyl (C=O) groups is 1. The third-order valence-corrected chi connectivity index (χ3v) is 7.61. The van der Waals surface area contributed by atoms with Crippen LogP contribution in [0.15, 0.2) is 40.2 Å². The van der Waals surface area contributed by atoms with Crippen molar-refractivity contribution in [3.8, 4) is 0 Å². The molecule has 0 aliphatic heterocycles. The molecule has 3 heterocycles. The number of benzene rings is 1. The second-order valence-electron chi connectivity index (χ2n) is 8.55. The molecule has 0 atom stereocenters. The first-order valence-electron chi connectivity index (χ1n) is 10.8. The van der Waals surface area contributed by atoms with Gasteiger partial charge in [0.1, 0.15) is 16.5 Å². The highest BCUT2D eigenvalue weighted by atomic mass is 32.2. The fourth-order valence-corrected chi connectivity index (χ4v) is 5.68. The molecule has 0 saturated carbocycles. The molecule has 4 aromatic rings. The van der Waals surface area contributed by atoms with E-state index in [1.807, 2.05) is 0 Å². The maximum Gasteiger partial charge on any atom is 0.267 e. The van der Waals surface area contributed by atoms with Crippen LogP contribution in [0, 0.1) is 26.7 Å². The zero-order valence-corrected chi connectivity index (χ0v) is 21.0. The Bertz CT molecular complexity index is 1380. The van der Waals surface area contributed by atoms with E-state index < -0.39 is 0 Å². The first kappa shape index (κ1) is 23.3. The Morgan fingerprint density at radius 1 is 1.24 bits per heavy atom. The molecule has 9 heteroatoms. The Hall–Kier alpha value is -2.91. The summed E-state index contributed by atoms with van der Waals surface area (Å²) in [6, 6.07) is 8.09. The molecule has 0 spiro atoms. The summed E-state index contributed by atoms with van der Waals surface area (Å²) in [6.07, 6.45) is 1.67. The number of hydrogen-bond donors (Lipinski definition) is 2. The highest BCUT2D eigenvalue weighted by molar-refractivity contribution is 7.98. The molecule has 0 aliphatic rings. The van der Waals surface area contributed by atoms with Gasteiger partial charge in [0.25, 0.3) is 11.5 Å². The van der Waals surface area contributed by atoms with Crippen molar-refractivity contribution < 1.29 is 4.79 Å². The molecule has 0 unspecified atom stereocenters. The maximum atomic E-state index is 13.0. The Morgan fingerprint density at radius 2 is 2.03 bits per heavy atom. The van der Waals surface area contributed by atoms with E-state index in [9.17, 15) is 9.59 Å². The Morgan fingerprint density at radius 3 is 2.79 bits per heavy atom. The van der Waals surface area contributed by atoms with E-state index in [2.05, 4.69) is 66.3 Å². The Kier molecular flexibility index (Phi) is 6.71. The molecule has 33 heavy (non-hydrogen) atoms. The molecule has 0 bridgehead atoms. The lowest BCUT2D eigenvalue weighted by Crippen LogP contribution is -2.17. The number of carbonyl (C=O) groups excluding carboxylic acids is 1. The van der Waals surface area contributed by atoms with E-state index in [-0.39, 0.29) is 11.5 Å². The first-order valence-corrected chi connectivity index (χ1v) is 12.6. The van der Waals surface area contributed by atoms with Gasteiger partial charge in [0.05, 0.1) is 22.2 Å². The lowest BCUT2D eigenvalue weighted by Gasteiger charge is -2.10. The van der Waals surface area contributed by atoms with Crippen LogP contribution in [0.3, 0.4) is 0 Å². The van der Waals surface area contributed by atoms with Crippen LogP contribution in [0.4, 0.5) is 5.82 Å². The lowest BCUT2D eigenvalue weighted by molar-refractivity contribution is 0.102. The van der Waals surface area contributed by atoms with Crippen molar-refractivity contribution in [2.24, 2.45) is 5.92 Å². The van der Waals surface area contributed by atoms with Gasteiger partial charge in [0.15, 0.2) is 0 Å². The number of fused-ring (bicyclic) bond motifs is 1. The number of H-pyrrole nitrogens is 1. The fraction of sp³-hybridized carbons (Fsp3) is 0.333. The van der Waals surface area contributed by atoms with Gasteiger partial charge in [-0.2, -0.15) is 5.10 Å². The molecule has 2 N–H and O–H groups in total. The third-order valence-electron chi connectivity index (χ3n) is 5.26. The molecule has 0 saturated heterocycles. The zero-order valence-electron chi connectivity index (χ0n) is 19.4. The minimum absolute atomic E-state index is 0.214. The van der Waals surface area contributed by atoms with Gasteiger partial charge in [0.2, 0.25) is 0 Å². The van der Waals surface area contributed by atoms with E-state index in [4.69, 9.17) is 0 Å². The van der Waals surface area contributed by atoms with Crippen molar-refractivity contribution in [1.29, 1.82) is 0 Å². The first-order chi connectivity index (χ1) is 15.7. The standard InChI is InChI=1S/C24H27N5O2S2/c1-13(2)11-29-19(8-9-25-29)28-23(31)21-16(5)20-22(30)26-18(27-24(20)33-21)12-32-17-10-14(3)6-7-15(17)4/h6-10,13H,11-12H2,1-5H3,(H,28,31)(H,26,27,30). The number of aryl methyl sites for hydroxylation is 3. The summed E-state index contributed by atoms with van der Waals surface area (Å²) in [6.45, 7) is 10.8. The number of nitrogens with zero attached hydrogens (tertiary/aromatic N) is 3. The summed E-state index contributed by atoms with van der Waals surface area (Å²) in [7, 11) is 0. The van der Waals surface area contributed by atoms with Gasteiger partial charge in [-0.25, -0.2) is 9.67 Å². The minimum Gasteiger partial charge on any atom is -0.309 e. The van der Waals surface area contributed by atoms with Crippen molar-refractivity contribution >= 4 is 45.0 Å². The van der Waals surface area contributed by atoms with Crippen molar-refractivity contribution in [3.05, 3.63) is 68.2 Å². The largest absolute Gasteiger partial charge is 0.309 e. The molecular weight excluding hydrogens is 454 g/mol. The van der Waals surface area contributed by atoms with Crippen molar-refractivity contribution in [2.75, 3.05) is 5.32 Å². The molecule has 172 valence electrons. The molecule has 0 radical (unpaired) electrons. The van der Waals surface area contributed by atoms with Crippen LogP contribution >= 0.6 is 23.1 Å². The van der Waals surface area contributed by atoms with Gasteiger partial charge in [-0.15, -0.1) is 23.1 Å². The fourth-order valence-electron chi connectivity index (χ4n) is 3.59. The molecule has 1 aromatic carbocycles. The predicted molar refractivity (Wildman–Crippen MR) is 135 cm³/mol. The highest BCUT2D eigenvalue weighted by Gasteiger charge is 2.20. The van der Waals surface area contributed by atoms with Gasteiger partial charge in [-0.1, -0.05) is 31.5 Å². The Balaban J connectivity index is 1.58. The SMILES string of the molecule is Cc1ccc(C)c(SCc2nc3sc(C(=O)Nc4ccnn4CC(C)C)c(C)c3c(=O)[nH]2)c1. The number of rotatable bonds is 7. The number of aromatic nitrogens is 4. The summed E-state index contributed by atoms with van der Waals surface area (Å²) in [5.74, 6) is 1.92. The minimum atomic E-state index is -0.258. The number of amides is 1. The van der Waals surface area contributed by atoms with Gasteiger partial charge in [-0.05, 0) is 43.9 Å². The molecule has 4 rings (SSSR count). The van der Waals surface area contributed by atoms with Crippen LogP contribution in [-0.2, 0) is 12.3 Å². The molecule has 7 nitrogen and oxygen atoms in total. The van der Waals surface area contributed by atoms with E-state index in [1.165, 1.54) is 22.5 Å². The maximum absolute atomic E-state index is 13.0. The summed E-state index contributed by atoms with van der Waals surface area (Å²) in [5, 5.41) is 7.69. The highest BCUT2D eigenvalue weighted by Crippen LogP contribution is 2.30. The van der Waals surface area contributed by atoms with Crippen molar-refractivity contribution in [3.63, 3.8) is 0 Å². The zero-order chi connectivity index (χ0) is 23.7. The average molecular weight is 482 g/mol. The normalized spacial score (nSPS) is 11.5. The number of thiophene rings is 1. The van der Waals surface area contributed by atoms with Crippen molar-refractivity contribution in [2.45, 2.75) is 51.8 Å². The topological polar surface area (TPSA) is 92.7 Å². The summed E-state index contributed by atoms with van der Waals surface area (Å²) in [4.78, 5) is 35.7. The molecule has 1 amide bonds. The number of aromatic amines is 1. The summed E-state index contributed by atoms with van der Waals surface area (Å²) in [5.41, 5.74) is 2.81. The summed E-state index contributed by atoms with van der Waals surface area (Å²) >= 11 is 2.89. The third kappa shape index (κ3) is 5.04. The average Bonchev–Trinajstić information content (AvgIpc) is 3.32. The van der Waals surface area contributed by atoms with Crippen LogP contribution < -0.4 is 10.9 Å². The second-order valence-corrected chi connectivity index (χ2v) is 10.6. The van der Waals surface area contributed by atoms with Gasteiger partial charge in [-0.3, -0.25) is 9.59 Å². The van der Waals surface area contributed by atoms with E-state index in [0.29, 0.717) is 50.5 Å². The molecular formula is C24H27N5O2S2. The van der Waals surface area contributed by atoms with Gasteiger partial charge in [0, 0.05) is 17.5 Å². The number of hydrogen-bond acceptors (Lipinski definition) is 6. The van der Waals surface area contributed by atoms with Crippen LogP contribution in [0.5, 0.6) is 0 Å². The van der Waals surface area contributed by atoms with Crippen LogP contribution in [-0.4, -0.2) is 25.7 Å². The number of thioether (sulfide) groups is 1. The van der Waals surface area contributed by atoms with Gasteiger partial charge < -0.3 is 10.3 Å². The Labute approximate surface area is 200 Å². The predicted octanol–water partition coefficient (Wildman–Crippen LogP) is 5.31. The monoisotopic (exact) mass is 481 g/mol. The van der Waals surface area contributed by atoms with Crippen LogP contribution in [0.2, 0.25) is 0 Å². The lowest BCUT2D eigenvalue weighted by atomic mass is 10.2. The number of nitrogens with one attached hydrogen (secondary N) is 2. The summed E-state index contributed by atoms with van der Waals surface area (Å²) < 4.78 is 1.78. The molecule has 0 fully saturated rings. The number of anilines is 1. The second kappa shape index (κ2) is 9.52. The molecule has 3 aromatic heterocycles. The van der Waals surface area contributed by atoms with Crippen molar-refractivity contribution in [1.82, 2.24) is 19.7 Å². The van der Waals surface area contributed by atoms with Gasteiger partial charge >= 0.3 is 0 Å². The van der Waals surface area contributed by atoms with Crippen LogP contribution in [0.1, 0.15) is 46.0 Å². The van der Waals surface area contributed by atoms with Crippen LogP contribution in [0.25, 0.3) is 10.2 Å².